The van der Waals surface area contributed by atoms with Crippen LogP contribution in [-0.4, -0.2) is 112 Å². The molecule has 2 aliphatic heterocycles. The molecule has 0 unspecified atom stereocenters. The maximum atomic E-state index is 13.1. The maximum Gasteiger partial charge on any atom is 0.573 e. The monoisotopic (exact) mass is 1510 g/mol. The van der Waals surface area contributed by atoms with Crippen molar-refractivity contribution in [3.8, 4) is 34.5 Å². The van der Waals surface area contributed by atoms with E-state index in [2.05, 4.69) is 18.8 Å². The van der Waals surface area contributed by atoms with Crippen LogP contribution in [0.3, 0.4) is 0 Å². The lowest BCUT2D eigenvalue weighted by Crippen LogP contribution is -2.41. The van der Waals surface area contributed by atoms with Crippen LogP contribution in [0.5, 0.6) is 34.5 Å². The van der Waals surface area contributed by atoms with Gasteiger partial charge in [-0.15, -0.1) is 39.5 Å². The van der Waals surface area contributed by atoms with E-state index in [1.54, 1.807) is 0 Å². The van der Waals surface area contributed by atoms with Crippen LogP contribution in [0.4, 0.5) is 62.3 Å². The molecule has 15 rings (SSSR count). The number of halogens is 9. The number of sulfone groups is 3. The minimum Gasteiger partial charge on any atom is -0.487 e. The average Bonchev–Trinajstić information content (AvgIpc) is 1.74. The van der Waals surface area contributed by atoms with Crippen molar-refractivity contribution in [3.63, 3.8) is 0 Å². The molecule has 10 aromatic rings. The number of alkyl halides is 9. The molecule has 1 aromatic heterocycles. The summed E-state index contributed by atoms with van der Waals surface area (Å²) in [5.74, 6) is -2.03. The zero-order chi connectivity index (χ0) is 74.4. The third-order valence-corrected chi connectivity index (χ3v) is 25.1. The normalized spacial score (nSPS) is 21.6. The van der Waals surface area contributed by atoms with Gasteiger partial charge in [-0.1, -0.05) is 91.0 Å². The summed E-state index contributed by atoms with van der Waals surface area (Å²) >= 11 is 0. The summed E-state index contributed by atoms with van der Waals surface area (Å²) in [6.07, 6.45) is -14.2. The van der Waals surface area contributed by atoms with Gasteiger partial charge in [0.05, 0.1) is 85.4 Å². The third-order valence-electron chi connectivity index (χ3n) is 19.5. The molecule has 17 nitrogen and oxygen atoms in total. The Hall–Kier alpha value is -9.52. The third kappa shape index (κ3) is 16.3. The Kier molecular flexibility index (Phi) is 20.7. The van der Waals surface area contributed by atoms with Crippen LogP contribution < -0.4 is 33.5 Å². The smallest absolute Gasteiger partial charge is 0.487 e. The van der Waals surface area contributed by atoms with Gasteiger partial charge >= 0.3 is 19.1 Å². The van der Waals surface area contributed by atoms with Gasteiger partial charge in [-0.05, 0) is 166 Å². The lowest BCUT2D eigenvalue weighted by Gasteiger charge is -2.38. The number of aliphatic hydroxyl groups is 3. The second-order valence-electron chi connectivity index (χ2n) is 26.2. The van der Waals surface area contributed by atoms with Crippen LogP contribution >= 0.6 is 0 Å². The van der Waals surface area contributed by atoms with E-state index < -0.39 is 102 Å². The van der Waals surface area contributed by atoms with Crippen LogP contribution in [0.2, 0.25) is 0 Å². The molecule has 5 aliphatic rings. The van der Waals surface area contributed by atoms with Crippen molar-refractivity contribution in [2.45, 2.75) is 115 Å². The molecule has 0 spiro atoms. The Morgan fingerprint density at radius 2 is 0.667 bits per heavy atom. The maximum absolute atomic E-state index is 13.1. The van der Waals surface area contributed by atoms with E-state index >= 15 is 0 Å². The Labute approximate surface area is 597 Å². The van der Waals surface area contributed by atoms with Crippen molar-refractivity contribution < 1.29 is 104 Å². The number of aliphatic hydroxyl groups excluding tert-OH is 3. The zero-order valence-corrected chi connectivity index (χ0v) is 57.8. The minimum atomic E-state index is -4.86. The van der Waals surface area contributed by atoms with Crippen LogP contribution in [0.15, 0.2) is 233 Å². The SMILES string of the molecule is O=S(=O)(C[C@@H]1CC[C@H](N2c3ccccc3COc3ccccc32)[C@H]1O)c1ccc(OC(F)(F)F)cc1.O=S(=O)(C[C@@H]1CC[C@H](N2c3ccccc3Oc3ccccc32)[C@H]1O)c1ccc(OC(F)(F)F)cc1.O=S(=O)(C[C@@H]1CC[C@H](n2c3ccccc3c3ccccc32)[C@H]1O)c1ccc(OC(F)(F)F)cc1. The van der Waals surface area contributed by atoms with E-state index in [0.29, 0.717) is 62.4 Å². The van der Waals surface area contributed by atoms with Gasteiger partial charge < -0.3 is 53.4 Å². The Morgan fingerprint density at radius 3 is 1.06 bits per heavy atom. The fraction of sp³-hybridized carbons (Fsp3) is 0.289. The quantitative estimate of drug-likeness (QED) is 0.0812. The van der Waals surface area contributed by atoms with E-state index in [1.165, 1.54) is 0 Å². The molecule has 3 aliphatic carbocycles. The van der Waals surface area contributed by atoms with Crippen LogP contribution in [0.1, 0.15) is 50.1 Å². The molecule has 3 heterocycles. The van der Waals surface area contributed by atoms with Gasteiger partial charge in [0.2, 0.25) is 0 Å². The van der Waals surface area contributed by atoms with Crippen molar-refractivity contribution in [1.82, 2.24) is 4.57 Å². The van der Waals surface area contributed by atoms with Crippen molar-refractivity contribution in [2.24, 2.45) is 17.8 Å². The molecule has 0 amide bonds. The largest absolute Gasteiger partial charge is 0.573 e. The summed E-state index contributed by atoms with van der Waals surface area (Å²) in [6, 6.07) is 57.4. The van der Waals surface area contributed by atoms with Gasteiger partial charge in [0.1, 0.15) is 29.6 Å². The van der Waals surface area contributed by atoms with Crippen LogP contribution in [0, 0.1) is 17.8 Å². The average molecular weight is 1510 g/mol. The van der Waals surface area contributed by atoms with Crippen molar-refractivity contribution in [3.05, 3.63) is 224 Å². The lowest BCUT2D eigenvalue weighted by molar-refractivity contribution is -0.275. The Morgan fingerprint density at radius 1 is 0.362 bits per heavy atom. The fourth-order valence-electron chi connectivity index (χ4n) is 14.9. The van der Waals surface area contributed by atoms with Crippen molar-refractivity contribution in [1.29, 1.82) is 0 Å². The molecule has 0 bridgehead atoms. The minimum absolute atomic E-state index is 0.102. The number of fused-ring (bicyclic) bond motifs is 7. The predicted octanol–water partition coefficient (Wildman–Crippen LogP) is 16.2. The van der Waals surface area contributed by atoms with Crippen LogP contribution in [0.25, 0.3) is 21.8 Å². The molecule has 29 heteroatoms. The topological polar surface area (TPSA) is 221 Å². The standard InChI is InChI=1S/C26H24F3NO5S.C25H22F3NO5S.C25H22F3NO4S/c27-26(28,29)35-19-10-12-20(13-11-19)36(32,33)16-18-9-14-23(25(18)31)30-21-6-2-1-5-17(21)15-34-24-8-4-3-7-22(24)30;26-25(27,28)34-17-10-12-18(13-11-17)35(31,32)15-16-9-14-21(24(16)30)29-19-5-1-3-7-22(19)33-23-8-4-2-6-20(23)29;26-25(27,28)33-17-10-12-18(13-11-17)34(31,32)15-16-9-14-23(24(16)30)29-21-7-3-1-5-19(21)20-6-2-4-8-22(20)29/h1-8,10-13,18,23,25,31H,9,14-16H2;1-8,10-13,16,21,24,30H,9,14-15H2;1-8,10-13,16,23-24,30H,9,14-15H2/t18-,23-,25-;16-,21-,24-;16-,23-,24-/m000/s1. The first-order chi connectivity index (χ1) is 49.9. The Balaban J connectivity index is 0.000000140. The molecular formula is C76H68F9N3O14S3. The molecule has 3 fully saturated rings. The van der Waals surface area contributed by atoms with E-state index in [-0.39, 0.29) is 50.1 Å². The van der Waals surface area contributed by atoms with Gasteiger partial charge in [-0.2, -0.15) is 0 Å². The number of benzene rings is 9. The molecule has 552 valence electrons. The molecular weight excluding hydrogens is 1450 g/mol. The molecule has 105 heavy (non-hydrogen) atoms. The highest BCUT2D eigenvalue weighted by molar-refractivity contribution is 7.92. The number of hydrogen-bond acceptors (Lipinski definition) is 16. The van der Waals surface area contributed by atoms with Gasteiger partial charge in [-0.25, -0.2) is 25.3 Å². The molecule has 3 saturated carbocycles. The second kappa shape index (κ2) is 29.4. The van der Waals surface area contributed by atoms with Crippen molar-refractivity contribution >= 4 is 74.1 Å². The molecule has 3 N–H and O–H groups in total. The predicted molar refractivity (Wildman–Crippen MR) is 372 cm³/mol. The number of hydrogen-bond donors (Lipinski definition) is 3. The van der Waals surface area contributed by atoms with E-state index in [4.69, 9.17) is 9.47 Å². The van der Waals surface area contributed by atoms with Gasteiger partial charge in [-0.3, -0.25) is 0 Å². The van der Waals surface area contributed by atoms with Gasteiger partial charge in [0.25, 0.3) is 0 Å². The number of para-hydroxylation sites is 9. The first-order valence-corrected chi connectivity index (χ1v) is 38.4. The highest BCUT2D eigenvalue weighted by Gasteiger charge is 2.46. The second-order valence-corrected chi connectivity index (χ2v) is 32.3. The Bertz CT molecular complexity index is 4980. The number of nitrogens with zero attached hydrogens (tertiary/aromatic N) is 3. The first-order valence-electron chi connectivity index (χ1n) is 33.4. The molecule has 9 atom stereocenters. The summed E-state index contributed by atoms with van der Waals surface area (Å²) in [4.78, 5) is 3.71. The van der Waals surface area contributed by atoms with Crippen molar-refractivity contribution in [2.75, 3.05) is 27.1 Å². The number of rotatable bonds is 15. The highest BCUT2D eigenvalue weighted by atomic mass is 32.2. The lowest BCUT2D eigenvalue weighted by atomic mass is 10.0. The molecule has 0 saturated heterocycles. The zero-order valence-electron chi connectivity index (χ0n) is 55.4. The summed E-state index contributed by atoms with van der Waals surface area (Å²) in [7, 11) is -11.5. The highest BCUT2D eigenvalue weighted by Crippen LogP contribution is 2.51. The number of anilines is 4. The van der Waals surface area contributed by atoms with Gasteiger partial charge in [0.15, 0.2) is 41.0 Å². The molecule has 0 radical (unpaired) electrons. The fourth-order valence-corrected chi connectivity index (χ4v) is 19.9. The van der Waals surface area contributed by atoms with E-state index in [1.807, 2.05) is 155 Å². The molecule has 9 aromatic carbocycles. The van der Waals surface area contributed by atoms with Gasteiger partial charge in [0, 0.05) is 50.8 Å². The summed E-state index contributed by atoms with van der Waals surface area (Å²) in [5, 5.41) is 35.9. The summed E-state index contributed by atoms with van der Waals surface area (Å²) < 4.78 is 215. The first kappa shape index (κ1) is 73.8. The number of aromatic nitrogens is 1. The number of ether oxygens (including phenoxy) is 5. The summed E-state index contributed by atoms with van der Waals surface area (Å²) in [6.45, 7) is 0.373. The summed E-state index contributed by atoms with van der Waals surface area (Å²) in [5.41, 5.74) is 6.20. The van der Waals surface area contributed by atoms with E-state index in [9.17, 15) is 80.1 Å². The van der Waals surface area contributed by atoms with Crippen LogP contribution in [-0.2, 0) is 36.1 Å². The van der Waals surface area contributed by atoms with E-state index in [0.717, 1.165) is 123 Å².